The smallest absolute Gasteiger partial charge is 0.410 e. The second kappa shape index (κ2) is 15.8. The third-order valence-electron chi connectivity index (χ3n) is 8.45. The predicted molar refractivity (Wildman–Crippen MR) is 183 cm³/mol. The summed E-state index contributed by atoms with van der Waals surface area (Å²) in [4.78, 5) is 60.6. The van der Waals surface area contributed by atoms with Crippen LogP contribution in [0, 0.1) is 18.3 Å². The summed E-state index contributed by atoms with van der Waals surface area (Å²) >= 11 is 1.58. The summed E-state index contributed by atoms with van der Waals surface area (Å²) in [6.45, 7) is 14.8. The molecule has 2 aromatic rings. The van der Waals surface area contributed by atoms with Gasteiger partial charge in [-0.25, -0.2) is 9.78 Å². The first-order valence-electron chi connectivity index (χ1n) is 16.6. The van der Waals surface area contributed by atoms with Crippen molar-refractivity contribution in [2.24, 2.45) is 11.3 Å². The van der Waals surface area contributed by atoms with Crippen molar-refractivity contribution < 1.29 is 33.8 Å². The van der Waals surface area contributed by atoms with E-state index in [-0.39, 0.29) is 38.1 Å². The molecule has 3 heterocycles. The number of nitrogens with zero attached hydrogens (tertiary/aromatic N) is 3. The zero-order chi connectivity index (χ0) is 35.2. The summed E-state index contributed by atoms with van der Waals surface area (Å²) in [7, 11) is 0. The van der Waals surface area contributed by atoms with Gasteiger partial charge in [0.1, 0.15) is 24.3 Å². The van der Waals surface area contributed by atoms with Crippen LogP contribution >= 0.6 is 11.3 Å². The lowest BCUT2D eigenvalue weighted by Gasteiger charge is -2.39. The van der Waals surface area contributed by atoms with Crippen molar-refractivity contribution in [3.05, 3.63) is 41.0 Å². The van der Waals surface area contributed by atoms with Gasteiger partial charge in [0.15, 0.2) is 0 Å². The SMILES string of the molecule is Cc1ncsc1-c1ccc(CNC(=O)[C@@H]2C[C@@H](O)CN2C(=O)[C@@H](NC(=O)COCCCC2CN(C(=O)OC(C)(C)C)C2)C(C)(C)C)cc1. The molecule has 2 saturated heterocycles. The quantitative estimate of drug-likeness (QED) is 0.285. The topological polar surface area (TPSA) is 150 Å². The van der Waals surface area contributed by atoms with Crippen LogP contribution in [0.4, 0.5) is 4.79 Å². The molecule has 48 heavy (non-hydrogen) atoms. The lowest BCUT2D eigenvalue weighted by atomic mass is 9.85. The van der Waals surface area contributed by atoms with Crippen molar-refractivity contribution in [3.63, 3.8) is 0 Å². The van der Waals surface area contributed by atoms with Crippen LogP contribution in [0.2, 0.25) is 0 Å². The maximum atomic E-state index is 13.8. The van der Waals surface area contributed by atoms with Crippen LogP contribution in [-0.4, -0.2) is 100 Å². The predicted octanol–water partition coefficient (Wildman–Crippen LogP) is 3.89. The van der Waals surface area contributed by atoms with Crippen molar-refractivity contribution in [1.82, 2.24) is 25.4 Å². The van der Waals surface area contributed by atoms with Crippen LogP contribution in [-0.2, 0) is 30.4 Å². The van der Waals surface area contributed by atoms with E-state index in [0.29, 0.717) is 25.6 Å². The zero-order valence-corrected chi connectivity index (χ0v) is 30.0. The number of hydrogen-bond donors (Lipinski definition) is 3. The summed E-state index contributed by atoms with van der Waals surface area (Å²) in [5, 5.41) is 16.2. The van der Waals surface area contributed by atoms with Crippen LogP contribution in [0.15, 0.2) is 29.8 Å². The third-order valence-corrected chi connectivity index (χ3v) is 9.43. The Bertz CT molecular complexity index is 1430. The van der Waals surface area contributed by atoms with Crippen LogP contribution in [0.5, 0.6) is 0 Å². The fourth-order valence-electron chi connectivity index (χ4n) is 5.85. The van der Waals surface area contributed by atoms with Gasteiger partial charge in [-0.3, -0.25) is 14.4 Å². The molecule has 0 bridgehead atoms. The first-order chi connectivity index (χ1) is 22.5. The average molecular weight is 686 g/mol. The number of aliphatic hydroxyl groups is 1. The van der Waals surface area contributed by atoms with Crippen molar-refractivity contribution in [2.45, 2.75) is 98.1 Å². The number of aromatic nitrogens is 1. The van der Waals surface area contributed by atoms with Gasteiger partial charge in [-0.2, -0.15) is 0 Å². The number of thiazole rings is 1. The Kier molecular flexibility index (Phi) is 12.2. The zero-order valence-electron chi connectivity index (χ0n) is 29.2. The minimum absolute atomic E-state index is 0.00525. The molecule has 2 aliphatic rings. The van der Waals surface area contributed by atoms with Crippen LogP contribution in [0.3, 0.4) is 0 Å². The molecule has 3 N–H and O–H groups in total. The first kappa shape index (κ1) is 37.3. The molecule has 264 valence electrons. The number of β-amino-alcohol motifs (C(OH)–C–C–N with tert-alkyl or cyclic N) is 1. The van der Waals surface area contributed by atoms with Crippen LogP contribution < -0.4 is 10.6 Å². The van der Waals surface area contributed by atoms with E-state index < -0.39 is 41.0 Å². The van der Waals surface area contributed by atoms with E-state index >= 15 is 0 Å². The van der Waals surface area contributed by atoms with E-state index in [9.17, 15) is 24.3 Å². The molecule has 0 unspecified atom stereocenters. The van der Waals surface area contributed by atoms with E-state index in [2.05, 4.69) is 15.6 Å². The van der Waals surface area contributed by atoms with Crippen molar-refractivity contribution in [1.29, 1.82) is 0 Å². The van der Waals surface area contributed by atoms with Crippen LogP contribution in [0.25, 0.3) is 10.4 Å². The molecule has 3 atom stereocenters. The largest absolute Gasteiger partial charge is 0.444 e. The van der Waals surface area contributed by atoms with Gasteiger partial charge in [0.2, 0.25) is 17.7 Å². The number of carbonyl (C=O) groups excluding carboxylic acids is 4. The maximum Gasteiger partial charge on any atom is 0.410 e. The lowest BCUT2D eigenvalue weighted by Crippen LogP contribution is -2.58. The van der Waals surface area contributed by atoms with E-state index in [1.807, 2.05) is 78.2 Å². The Balaban J connectivity index is 1.23. The number of nitrogens with one attached hydrogen (secondary N) is 2. The molecule has 4 amide bonds. The molecule has 1 aromatic heterocycles. The van der Waals surface area contributed by atoms with Gasteiger partial charge >= 0.3 is 6.09 Å². The minimum atomic E-state index is -0.925. The highest BCUT2D eigenvalue weighted by molar-refractivity contribution is 7.13. The number of hydrogen-bond acceptors (Lipinski definition) is 9. The summed E-state index contributed by atoms with van der Waals surface area (Å²) in [6, 6.07) is 6.10. The van der Waals surface area contributed by atoms with Gasteiger partial charge in [-0.1, -0.05) is 45.0 Å². The molecule has 4 rings (SSSR count). The Labute approximate surface area is 287 Å². The summed E-state index contributed by atoms with van der Waals surface area (Å²) in [6.07, 6.45) is 0.571. The normalized spacial score (nSPS) is 19.1. The van der Waals surface area contributed by atoms with Gasteiger partial charge in [0, 0.05) is 39.2 Å². The highest BCUT2D eigenvalue weighted by Crippen LogP contribution is 2.28. The van der Waals surface area contributed by atoms with E-state index in [1.54, 1.807) is 16.2 Å². The number of aliphatic hydroxyl groups excluding tert-OH is 1. The molecule has 12 nitrogen and oxygen atoms in total. The number of carbonyl (C=O) groups is 4. The van der Waals surface area contributed by atoms with E-state index in [0.717, 1.165) is 34.5 Å². The van der Waals surface area contributed by atoms with Gasteiger partial charge in [-0.05, 0) is 63.0 Å². The molecular weight excluding hydrogens is 634 g/mol. The molecular formula is C35H51N5O7S. The number of amides is 4. The third kappa shape index (κ3) is 10.2. The lowest BCUT2D eigenvalue weighted by molar-refractivity contribution is -0.144. The molecule has 0 spiro atoms. The van der Waals surface area contributed by atoms with Gasteiger partial charge in [0.25, 0.3) is 0 Å². The van der Waals surface area contributed by atoms with Crippen LogP contribution in [0.1, 0.15) is 72.1 Å². The Morgan fingerprint density at radius 3 is 2.35 bits per heavy atom. The molecule has 0 saturated carbocycles. The fourth-order valence-corrected chi connectivity index (χ4v) is 6.66. The molecule has 0 aliphatic carbocycles. The van der Waals surface area contributed by atoms with E-state index in [4.69, 9.17) is 9.47 Å². The Morgan fingerprint density at radius 2 is 1.75 bits per heavy atom. The first-order valence-corrected chi connectivity index (χ1v) is 17.5. The minimum Gasteiger partial charge on any atom is -0.444 e. The Morgan fingerprint density at radius 1 is 1.06 bits per heavy atom. The highest BCUT2D eigenvalue weighted by atomic mass is 32.1. The van der Waals surface area contributed by atoms with E-state index in [1.165, 1.54) is 4.90 Å². The van der Waals surface area contributed by atoms with Crippen molar-refractivity contribution in [2.75, 3.05) is 32.8 Å². The number of benzene rings is 1. The standard InChI is InChI=1S/C35H51N5O7S/c1-22-29(48-21-37-22)25-12-10-23(11-13-25)16-36-31(43)27-15-26(41)19-40(27)32(44)30(34(2,3)4)38-28(42)20-46-14-8-9-24-17-39(18-24)33(45)47-35(5,6)7/h10-13,21,24,26-27,30,41H,8-9,14-20H2,1-7H3,(H,36,43)(H,38,42)/t26-,27+,30-/m1/s1. The summed E-state index contributed by atoms with van der Waals surface area (Å²) in [5.74, 6) is -0.833. The highest BCUT2D eigenvalue weighted by Gasteiger charge is 2.44. The van der Waals surface area contributed by atoms with Gasteiger partial charge < -0.3 is 35.0 Å². The second-order valence-electron chi connectivity index (χ2n) is 14.9. The van der Waals surface area contributed by atoms with Gasteiger partial charge in [-0.15, -0.1) is 11.3 Å². The molecule has 2 aliphatic heterocycles. The van der Waals surface area contributed by atoms with Gasteiger partial charge in [0.05, 0.1) is 22.2 Å². The summed E-state index contributed by atoms with van der Waals surface area (Å²) in [5.41, 5.74) is 3.57. The fraction of sp³-hybridized carbons (Fsp3) is 0.629. The van der Waals surface area contributed by atoms with Crippen molar-refractivity contribution in [3.8, 4) is 10.4 Å². The Hall–Kier alpha value is -3.55. The number of likely N-dealkylation sites (tertiary alicyclic amines) is 2. The molecule has 0 radical (unpaired) electrons. The number of aryl methyl sites for hydroxylation is 1. The molecule has 13 heteroatoms. The monoisotopic (exact) mass is 685 g/mol. The van der Waals surface area contributed by atoms with Crippen molar-refractivity contribution >= 4 is 35.2 Å². The molecule has 1 aromatic carbocycles. The number of rotatable bonds is 12. The number of ether oxygens (including phenoxy) is 2. The maximum absolute atomic E-state index is 13.8. The summed E-state index contributed by atoms with van der Waals surface area (Å²) < 4.78 is 11.0. The second-order valence-corrected chi connectivity index (χ2v) is 15.7. The molecule has 2 fully saturated rings. The average Bonchev–Trinajstić information content (AvgIpc) is 3.59.